The number of amides is 2. The molecule has 1 aliphatic rings. The van der Waals surface area contributed by atoms with Gasteiger partial charge in [-0.05, 0) is 29.7 Å². The van der Waals surface area contributed by atoms with Crippen LogP contribution in [0.3, 0.4) is 0 Å². The summed E-state index contributed by atoms with van der Waals surface area (Å²) >= 11 is 0. The van der Waals surface area contributed by atoms with E-state index < -0.39 is 0 Å². The normalized spacial score (nSPS) is 13.3. The van der Waals surface area contributed by atoms with Crippen LogP contribution < -0.4 is 5.32 Å². The van der Waals surface area contributed by atoms with Gasteiger partial charge in [-0.25, -0.2) is 0 Å². The third kappa shape index (κ3) is 4.06. The lowest BCUT2D eigenvalue weighted by Gasteiger charge is -2.30. The molecule has 0 aliphatic carbocycles. The Morgan fingerprint density at radius 2 is 1.86 bits per heavy atom. The molecule has 1 N–H and O–H groups in total. The zero-order chi connectivity index (χ0) is 20.4. The fourth-order valence-electron chi connectivity index (χ4n) is 3.50. The van der Waals surface area contributed by atoms with Crippen molar-refractivity contribution in [2.75, 3.05) is 11.9 Å². The molecule has 6 nitrogen and oxygen atoms in total. The highest BCUT2D eigenvalue weighted by molar-refractivity contribution is 6.03. The molecule has 0 atom stereocenters. The molecule has 0 spiro atoms. The van der Waals surface area contributed by atoms with Crippen molar-refractivity contribution >= 4 is 17.5 Å². The molecule has 0 unspecified atom stereocenters. The Balaban J connectivity index is 1.48. The highest BCUT2D eigenvalue weighted by Gasteiger charge is 2.23. The molecule has 2 heterocycles. The zero-order valence-corrected chi connectivity index (χ0v) is 16.5. The van der Waals surface area contributed by atoms with Crippen LogP contribution in [-0.4, -0.2) is 28.4 Å². The number of hydrogen-bond donors (Lipinski definition) is 1. The maximum Gasteiger partial charge on any atom is 0.277 e. The Hall–Kier alpha value is -3.41. The maximum absolute atomic E-state index is 12.6. The van der Waals surface area contributed by atoms with Gasteiger partial charge >= 0.3 is 0 Å². The fraction of sp³-hybridized carbons (Fsp3) is 0.261. The second-order valence-electron chi connectivity index (χ2n) is 7.54. The van der Waals surface area contributed by atoms with E-state index in [1.165, 1.54) is 5.56 Å². The van der Waals surface area contributed by atoms with Crippen molar-refractivity contribution in [1.82, 2.24) is 10.1 Å². The summed E-state index contributed by atoms with van der Waals surface area (Å²) in [5, 5.41) is 6.77. The number of benzene rings is 2. The van der Waals surface area contributed by atoms with Crippen LogP contribution in [-0.2, 0) is 17.8 Å². The van der Waals surface area contributed by atoms with Gasteiger partial charge in [-0.3, -0.25) is 9.59 Å². The topological polar surface area (TPSA) is 75.4 Å². The van der Waals surface area contributed by atoms with Crippen LogP contribution in [0, 0.1) is 5.92 Å². The summed E-state index contributed by atoms with van der Waals surface area (Å²) in [6.45, 7) is 5.13. The van der Waals surface area contributed by atoms with Gasteiger partial charge in [-0.15, -0.1) is 0 Å². The monoisotopic (exact) mass is 389 g/mol. The number of nitrogens with one attached hydrogen (secondary N) is 1. The molecule has 6 heteroatoms. The fourth-order valence-corrected chi connectivity index (χ4v) is 3.50. The molecule has 0 fully saturated rings. The Morgan fingerprint density at radius 1 is 1.07 bits per heavy atom. The summed E-state index contributed by atoms with van der Waals surface area (Å²) in [5.41, 5.74) is 4.04. The molecule has 29 heavy (non-hydrogen) atoms. The third-order valence-corrected chi connectivity index (χ3v) is 5.08. The molecular weight excluding hydrogens is 366 g/mol. The first-order chi connectivity index (χ1) is 14.0. The lowest BCUT2D eigenvalue weighted by Crippen LogP contribution is -2.38. The van der Waals surface area contributed by atoms with E-state index in [1.54, 1.807) is 6.07 Å². The molecule has 2 aromatic carbocycles. The Morgan fingerprint density at radius 3 is 2.62 bits per heavy atom. The van der Waals surface area contributed by atoms with Gasteiger partial charge in [0.05, 0.1) is 0 Å². The standard InChI is InChI=1S/C23H23N3O3/c1-15(2)23(28)26-11-10-16-8-9-19(12-18(16)14-26)24-22(27)20-13-21(29-25-20)17-6-4-3-5-7-17/h3-9,12-13,15H,10-11,14H2,1-2H3,(H,24,27). The first-order valence-electron chi connectivity index (χ1n) is 9.75. The quantitative estimate of drug-likeness (QED) is 0.728. The minimum atomic E-state index is -0.332. The molecular formula is C23H23N3O3. The number of carbonyl (C=O) groups excluding carboxylic acids is 2. The predicted octanol–water partition coefficient (Wildman–Crippen LogP) is 4.13. The van der Waals surface area contributed by atoms with Gasteiger partial charge in [0.2, 0.25) is 5.91 Å². The summed E-state index contributed by atoms with van der Waals surface area (Å²) in [4.78, 5) is 26.8. The van der Waals surface area contributed by atoms with Gasteiger partial charge in [0, 0.05) is 36.3 Å². The van der Waals surface area contributed by atoms with Crippen molar-refractivity contribution in [3.63, 3.8) is 0 Å². The minimum Gasteiger partial charge on any atom is -0.355 e. The van der Waals surface area contributed by atoms with E-state index in [0.717, 1.165) is 24.1 Å². The molecule has 0 bridgehead atoms. The smallest absolute Gasteiger partial charge is 0.277 e. The van der Waals surface area contributed by atoms with Crippen LogP contribution in [0.25, 0.3) is 11.3 Å². The number of nitrogens with zero attached hydrogens (tertiary/aromatic N) is 2. The van der Waals surface area contributed by atoms with Crippen molar-refractivity contribution in [2.45, 2.75) is 26.8 Å². The second kappa shape index (κ2) is 7.91. The van der Waals surface area contributed by atoms with Crippen molar-refractivity contribution in [3.8, 4) is 11.3 Å². The van der Waals surface area contributed by atoms with Crippen molar-refractivity contribution < 1.29 is 14.1 Å². The Bertz CT molecular complexity index is 1040. The molecule has 1 aliphatic heterocycles. The van der Waals surface area contributed by atoms with Crippen LogP contribution in [0.2, 0.25) is 0 Å². The van der Waals surface area contributed by atoms with E-state index >= 15 is 0 Å². The molecule has 148 valence electrons. The van der Waals surface area contributed by atoms with Gasteiger partial charge in [0.1, 0.15) is 0 Å². The molecule has 0 saturated heterocycles. The van der Waals surface area contributed by atoms with Crippen LogP contribution in [0.5, 0.6) is 0 Å². The van der Waals surface area contributed by atoms with Gasteiger partial charge < -0.3 is 14.7 Å². The van der Waals surface area contributed by atoms with Crippen molar-refractivity contribution in [2.24, 2.45) is 5.92 Å². The van der Waals surface area contributed by atoms with E-state index in [4.69, 9.17) is 4.52 Å². The molecule has 3 aromatic rings. The summed E-state index contributed by atoms with van der Waals surface area (Å²) in [5.74, 6) is 0.345. The average Bonchev–Trinajstić information content (AvgIpc) is 3.24. The molecule has 4 rings (SSSR count). The van der Waals surface area contributed by atoms with Crippen LogP contribution in [0.1, 0.15) is 35.5 Å². The van der Waals surface area contributed by atoms with Crippen LogP contribution in [0.4, 0.5) is 5.69 Å². The first kappa shape index (κ1) is 18.9. The molecule has 0 radical (unpaired) electrons. The maximum atomic E-state index is 12.6. The number of fused-ring (bicyclic) bond motifs is 1. The summed E-state index contributed by atoms with van der Waals surface area (Å²) < 4.78 is 5.31. The lowest BCUT2D eigenvalue weighted by atomic mass is 9.98. The van der Waals surface area contributed by atoms with Crippen molar-refractivity contribution in [1.29, 1.82) is 0 Å². The van der Waals surface area contributed by atoms with E-state index in [-0.39, 0.29) is 23.4 Å². The van der Waals surface area contributed by atoms with Crippen LogP contribution >= 0.6 is 0 Å². The first-order valence-corrected chi connectivity index (χ1v) is 9.75. The lowest BCUT2D eigenvalue weighted by molar-refractivity contribution is -0.135. The average molecular weight is 389 g/mol. The number of anilines is 1. The van der Waals surface area contributed by atoms with E-state index in [9.17, 15) is 9.59 Å². The summed E-state index contributed by atoms with van der Waals surface area (Å²) in [6, 6.07) is 17.0. The Labute approximate surface area is 169 Å². The SMILES string of the molecule is CC(C)C(=O)N1CCc2ccc(NC(=O)c3cc(-c4ccccc4)on3)cc2C1. The van der Waals surface area contributed by atoms with Crippen molar-refractivity contribution in [3.05, 3.63) is 71.4 Å². The molecule has 0 saturated carbocycles. The molecule has 1 aromatic heterocycles. The number of rotatable bonds is 4. The Kier molecular flexibility index (Phi) is 5.16. The van der Waals surface area contributed by atoms with E-state index in [1.807, 2.05) is 67.3 Å². The summed E-state index contributed by atoms with van der Waals surface area (Å²) in [7, 11) is 0. The number of aromatic nitrogens is 1. The zero-order valence-electron chi connectivity index (χ0n) is 16.5. The third-order valence-electron chi connectivity index (χ3n) is 5.08. The minimum absolute atomic E-state index is 0.0228. The predicted molar refractivity (Wildman–Crippen MR) is 110 cm³/mol. The van der Waals surface area contributed by atoms with E-state index in [0.29, 0.717) is 18.0 Å². The van der Waals surface area contributed by atoms with Gasteiger partial charge in [-0.2, -0.15) is 0 Å². The van der Waals surface area contributed by atoms with Crippen LogP contribution in [0.15, 0.2) is 59.1 Å². The summed E-state index contributed by atoms with van der Waals surface area (Å²) in [6.07, 6.45) is 0.825. The second-order valence-corrected chi connectivity index (χ2v) is 7.54. The van der Waals surface area contributed by atoms with Gasteiger partial charge in [0.25, 0.3) is 5.91 Å². The van der Waals surface area contributed by atoms with E-state index in [2.05, 4.69) is 10.5 Å². The van der Waals surface area contributed by atoms with Gasteiger partial charge in [0.15, 0.2) is 11.5 Å². The molecule has 2 amide bonds. The highest BCUT2D eigenvalue weighted by atomic mass is 16.5. The largest absolute Gasteiger partial charge is 0.355 e. The number of hydrogen-bond acceptors (Lipinski definition) is 4. The number of carbonyl (C=O) groups is 2. The highest BCUT2D eigenvalue weighted by Crippen LogP contribution is 2.25. The van der Waals surface area contributed by atoms with Gasteiger partial charge in [-0.1, -0.05) is 55.4 Å².